The Hall–Kier alpha value is -2.96. The van der Waals surface area contributed by atoms with Gasteiger partial charge in [0, 0.05) is 58.1 Å². The number of rotatable bonds is 5. The molecule has 2 saturated heterocycles. The molecule has 4 rings (SSSR count). The van der Waals surface area contributed by atoms with Crippen molar-refractivity contribution in [1.82, 2.24) is 19.8 Å². The van der Waals surface area contributed by atoms with Crippen LogP contribution in [0.3, 0.4) is 0 Å². The minimum atomic E-state index is 0.112. The quantitative estimate of drug-likeness (QED) is 0.781. The van der Waals surface area contributed by atoms with Gasteiger partial charge in [-0.3, -0.25) is 9.59 Å². The summed E-state index contributed by atoms with van der Waals surface area (Å²) < 4.78 is 0. The lowest BCUT2D eigenvalue weighted by Gasteiger charge is -2.32. The third-order valence-electron chi connectivity index (χ3n) is 6.92. The van der Waals surface area contributed by atoms with Crippen LogP contribution in [0, 0.1) is 13.8 Å². The Morgan fingerprint density at radius 3 is 2.47 bits per heavy atom. The van der Waals surface area contributed by atoms with E-state index in [9.17, 15) is 9.59 Å². The molecule has 2 fully saturated rings. The number of benzene rings is 1. The van der Waals surface area contributed by atoms with Crippen LogP contribution < -0.4 is 5.32 Å². The fraction of sp³-hybridized carbons (Fsp3) is 0.520. The van der Waals surface area contributed by atoms with E-state index < -0.39 is 0 Å². The fourth-order valence-corrected chi connectivity index (χ4v) is 4.65. The molecule has 7 heteroatoms. The summed E-state index contributed by atoms with van der Waals surface area (Å²) in [4.78, 5) is 38.2. The van der Waals surface area contributed by atoms with E-state index in [2.05, 4.69) is 37.4 Å². The summed E-state index contributed by atoms with van der Waals surface area (Å²) in [6.07, 6.45) is 2.66. The summed E-state index contributed by atoms with van der Waals surface area (Å²) in [6, 6.07) is 8.22. The summed E-state index contributed by atoms with van der Waals surface area (Å²) in [5.41, 5.74) is 4.48. The molecule has 1 atom stereocenters. The van der Waals surface area contributed by atoms with Crippen molar-refractivity contribution in [3.8, 4) is 0 Å². The zero-order valence-corrected chi connectivity index (χ0v) is 19.5. The van der Waals surface area contributed by atoms with Crippen LogP contribution >= 0.6 is 0 Å². The SMILES string of the molecule is CNc1cc([C@H]2CC(=O)N(C)C2)nc(C2CCN(C(=O)Cc3ccc(C)c(C)c3)CC2)n1. The van der Waals surface area contributed by atoms with Crippen molar-refractivity contribution in [2.45, 2.75) is 51.4 Å². The molecule has 0 saturated carbocycles. The van der Waals surface area contributed by atoms with Gasteiger partial charge in [0.15, 0.2) is 0 Å². The zero-order chi connectivity index (χ0) is 22.8. The second-order valence-electron chi connectivity index (χ2n) is 9.21. The van der Waals surface area contributed by atoms with Gasteiger partial charge in [0.2, 0.25) is 11.8 Å². The molecule has 0 bridgehead atoms. The van der Waals surface area contributed by atoms with E-state index in [1.165, 1.54) is 11.1 Å². The van der Waals surface area contributed by atoms with E-state index >= 15 is 0 Å². The highest BCUT2D eigenvalue weighted by Gasteiger charge is 2.31. The number of nitrogens with zero attached hydrogens (tertiary/aromatic N) is 4. The number of aromatic nitrogens is 2. The predicted octanol–water partition coefficient (Wildman–Crippen LogP) is 3.03. The lowest BCUT2D eigenvalue weighted by atomic mass is 9.94. The molecule has 32 heavy (non-hydrogen) atoms. The third-order valence-corrected chi connectivity index (χ3v) is 6.92. The average molecular weight is 436 g/mol. The van der Waals surface area contributed by atoms with Crippen LogP contribution in [0.1, 0.15) is 59.3 Å². The lowest BCUT2D eigenvalue weighted by molar-refractivity contribution is -0.131. The van der Waals surface area contributed by atoms with Crippen molar-refractivity contribution in [2.75, 3.05) is 39.0 Å². The summed E-state index contributed by atoms with van der Waals surface area (Å²) in [5.74, 6) is 2.31. The maximum absolute atomic E-state index is 12.8. The highest BCUT2D eigenvalue weighted by atomic mass is 16.2. The number of likely N-dealkylation sites (tertiary alicyclic amines) is 2. The van der Waals surface area contributed by atoms with Gasteiger partial charge in [-0.2, -0.15) is 0 Å². The van der Waals surface area contributed by atoms with Gasteiger partial charge in [0.25, 0.3) is 0 Å². The Kier molecular flexibility index (Phi) is 6.44. The Morgan fingerprint density at radius 2 is 1.84 bits per heavy atom. The van der Waals surface area contributed by atoms with Crippen LogP contribution in [0.2, 0.25) is 0 Å². The van der Waals surface area contributed by atoms with Crippen LogP contribution in [0.5, 0.6) is 0 Å². The van der Waals surface area contributed by atoms with Crippen molar-refractivity contribution in [1.29, 1.82) is 0 Å². The molecule has 2 aromatic rings. The minimum absolute atomic E-state index is 0.112. The van der Waals surface area contributed by atoms with Gasteiger partial charge in [-0.05, 0) is 43.4 Å². The number of aryl methyl sites for hydroxylation is 2. The Labute approximate surface area is 190 Å². The molecular weight excluding hydrogens is 402 g/mol. The average Bonchev–Trinajstić information content (AvgIpc) is 3.14. The Bertz CT molecular complexity index is 1010. The molecule has 1 N–H and O–H groups in total. The number of carbonyl (C=O) groups is 2. The van der Waals surface area contributed by atoms with Gasteiger partial charge in [0.05, 0.1) is 12.1 Å². The second kappa shape index (κ2) is 9.27. The van der Waals surface area contributed by atoms with Gasteiger partial charge in [-0.15, -0.1) is 0 Å². The molecule has 1 aromatic carbocycles. The van der Waals surface area contributed by atoms with E-state index in [-0.39, 0.29) is 23.7 Å². The van der Waals surface area contributed by atoms with Crippen LogP contribution in [-0.2, 0) is 16.0 Å². The molecular formula is C25H33N5O2. The van der Waals surface area contributed by atoms with Crippen molar-refractivity contribution in [3.05, 3.63) is 52.5 Å². The van der Waals surface area contributed by atoms with E-state index in [1.807, 2.05) is 25.1 Å². The standard InChI is InChI=1S/C25H33N5O2/c1-16-5-6-18(11-17(16)2)12-24(32)30-9-7-19(8-10-30)25-27-21(14-22(26-3)28-25)20-13-23(31)29(4)15-20/h5-6,11,14,19-20H,7-10,12-13,15H2,1-4H3,(H,26,27,28)/t20-/m0/s1. The second-order valence-corrected chi connectivity index (χ2v) is 9.21. The molecule has 0 radical (unpaired) electrons. The first-order valence-corrected chi connectivity index (χ1v) is 11.5. The summed E-state index contributed by atoms with van der Waals surface area (Å²) >= 11 is 0. The molecule has 2 aliphatic heterocycles. The molecule has 0 spiro atoms. The molecule has 0 aliphatic carbocycles. The number of carbonyl (C=O) groups excluding carboxylic acids is 2. The van der Waals surface area contributed by atoms with Gasteiger partial charge in [-0.1, -0.05) is 18.2 Å². The topological polar surface area (TPSA) is 78.4 Å². The maximum Gasteiger partial charge on any atom is 0.226 e. The first kappa shape index (κ1) is 22.2. The minimum Gasteiger partial charge on any atom is -0.373 e. The van der Waals surface area contributed by atoms with Crippen molar-refractivity contribution in [2.24, 2.45) is 0 Å². The number of amides is 2. The smallest absolute Gasteiger partial charge is 0.226 e. The largest absolute Gasteiger partial charge is 0.373 e. The molecule has 7 nitrogen and oxygen atoms in total. The number of likely N-dealkylation sites (N-methyl/N-ethyl adjacent to an activating group) is 1. The number of piperidine rings is 1. The van der Waals surface area contributed by atoms with E-state index in [4.69, 9.17) is 9.97 Å². The van der Waals surface area contributed by atoms with Crippen LogP contribution in [0.15, 0.2) is 24.3 Å². The van der Waals surface area contributed by atoms with Crippen LogP contribution in [-0.4, -0.2) is 65.3 Å². The van der Waals surface area contributed by atoms with Crippen LogP contribution in [0.4, 0.5) is 5.82 Å². The third kappa shape index (κ3) is 4.76. The molecule has 2 aliphatic rings. The first-order chi connectivity index (χ1) is 15.3. The highest BCUT2D eigenvalue weighted by molar-refractivity contribution is 5.79. The van der Waals surface area contributed by atoms with Crippen molar-refractivity contribution < 1.29 is 9.59 Å². The number of hydrogen-bond donors (Lipinski definition) is 1. The summed E-state index contributed by atoms with van der Waals surface area (Å²) in [7, 11) is 3.70. The normalized spacial score (nSPS) is 19.5. The number of nitrogens with one attached hydrogen (secondary N) is 1. The van der Waals surface area contributed by atoms with Crippen LogP contribution in [0.25, 0.3) is 0 Å². The van der Waals surface area contributed by atoms with Gasteiger partial charge < -0.3 is 15.1 Å². The summed E-state index contributed by atoms with van der Waals surface area (Å²) in [5, 5.41) is 3.14. The molecule has 170 valence electrons. The Balaban J connectivity index is 1.41. The first-order valence-electron chi connectivity index (χ1n) is 11.5. The summed E-state index contributed by atoms with van der Waals surface area (Å²) in [6.45, 7) is 6.32. The molecule has 3 heterocycles. The monoisotopic (exact) mass is 435 g/mol. The van der Waals surface area contributed by atoms with E-state index in [1.54, 1.807) is 4.90 Å². The molecule has 1 aromatic heterocycles. The van der Waals surface area contributed by atoms with E-state index in [0.717, 1.165) is 48.8 Å². The van der Waals surface area contributed by atoms with Gasteiger partial charge >= 0.3 is 0 Å². The molecule has 0 unspecified atom stereocenters. The van der Waals surface area contributed by atoms with Crippen molar-refractivity contribution in [3.63, 3.8) is 0 Å². The highest BCUT2D eigenvalue weighted by Crippen LogP contribution is 2.31. The number of hydrogen-bond acceptors (Lipinski definition) is 5. The van der Waals surface area contributed by atoms with E-state index in [0.29, 0.717) is 19.4 Å². The zero-order valence-electron chi connectivity index (χ0n) is 19.5. The predicted molar refractivity (Wildman–Crippen MR) is 125 cm³/mol. The van der Waals surface area contributed by atoms with Crippen molar-refractivity contribution >= 4 is 17.6 Å². The molecule has 2 amide bonds. The van der Waals surface area contributed by atoms with Gasteiger partial charge in [0.1, 0.15) is 11.6 Å². The Morgan fingerprint density at radius 1 is 1.09 bits per heavy atom. The maximum atomic E-state index is 12.8. The number of anilines is 1. The lowest BCUT2D eigenvalue weighted by Crippen LogP contribution is -2.39. The van der Waals surface area contributed by atoms with Gasteiger partial charge in [-0.25, -0.2) is 9.97 Å². The fourth-order valence-electron chi connectivity index (χ4n) is 4.65.